The molecule has 1 heterocycles. The Kier molecular flexibility index (Phi) is 4.29. The summed E-state index contributed by atoms with van der Waals surface area (Å²) in [5, 5.41) is 21.4. The molecule has 0 aromatic rings. The first kappa shape index (κ1) is 16.2. The Hall–Kier alpha value is -1.66. The van der Waals surface area contributed by atoms with Crippen LogP contribution in [0.1, 0.15) is 39.0 Å². The Morgan fingerprint density at radius 3 is 2.48 bits per heavy atom. The van der Waals surface area contributed by atoms with Crippen LogP contribution in [0.3, 0.4) is 0 Å². The van der Waals surface area contributed by atoms with E-state index in [0.717, 1.165) is 25.7 Å². The quantitative estimate of drug-likeness (QED) is 0.860. The molecule has 3 aliphatic rings. The van der Waals surface area contributed by atoms with E-state index >= 15 is 0 Å². The Morgan fingerprint density at radius 2 is 1.91 bits per heavy atom. The Bertz CT molecular complexity index is 552. The molecule has 2 aliphatic carbocycles. The van der Waals surface area contributed by atoms with E-state index in [9.17, 15) is 9.18 Å². The highest BCUT2D eigenvalue weighted by atomic mass is 19.1. The minimum atomic E-state index is -1.09. The molecule has 5 nitrogen and oxygen atoms in total. The first-order valence-electron chi connectivity index (χ1n) is 8.42. The van der Waals surface area contributed by atoms with E-state index in [1.54, 1.807) is 0 Å². The minimum absolute atomic E-state index is 0.0323. The Labute approximate surface area is 136 Å². The lowest BCUT2D eigenvalue weighted by Crippen LogP contribution is -2.48. The van der Waals surface area contributed by atoms with Crippen molar-refractivity contribution in [2.75, 3.05) is 13.1 Å². The van der Waals surface area contributed by atoms with Crippen LogP contribution in [0, 0.1) is 40.4 Å². The van der Waals surface area contributed by atoms with Gasteiger partial charge in [-0.05, 0) is 44.4 Å². The maximum atomic E-state index is 13.4. The fraction of sp³-hybridized carbons (Fsp3) is 0.824. The van der Waals surface area contributed by atoms with Crippen molar-refractivity contribution in [2.45, 2.75) is 56.8 Å². The monoisotopic (exact) mass is 318 g/mol. The smallest absolute Gasteiger partial charge is 0.237 e. The number of hydrogen-bond acceptors (Lipinski definition) is 4. The van der Waals surface area contributed by atoms with Gasteiger partial charge in [0.25, 0.3) is 0 Å². The molecule has 1 aliphatic heterocycles. The van der Waals surface area contributed by atoms with E-state index in [0.29, 0.717) is 11.8 Å². The van der Waals surface area contributed by atoms with Crippen LogP contribution in [0.15, 0.2) is 0 Å². The number of nitrogens with one attached hydrogen (secondary N) is 1. The van der Waals surface area contributed by atoms with Crippen molar-refractivity contribution in [3.05, 3.63) is 0 Å². The van der Waals surface area contributed by atoms with Gasteiger partial charge in [0.2, 0.25) is 5.91 Å². The van der Waals surface area contributed by atoms with Gasteiger partial charge in [0.1, 0.15) is 12.2 Å². The van der Waals surface area contributed by atoms with Crippen molar-refractivity contribution in [3.8, 4) is 12.1 Å². The van der Waals surface area contributed by atoms with Crippen molar-refractivity contribution in [2.24, 2.45) is 17.8 Å². The largest absolute Gasteiger partial charge is 0.323 e. The van der Waals surface area contributed by atoms with Crippen LogP contribution in [-0.2, 0) is 4.79 Å². The average Bonchev–Trinajstić information content (AvgIpc) is 3.15. The second kappa shape index (κ2) is 6.09. The molecule has 6 heteroatoms. The SMILES string of the molecule is C[C@@]1(NCC(=O)N2C[C@@H](F)CC2C#N)C[C@H]2CC(C#N)C[C@H]2C1. The third-order valence-electron chi connectivity index (χ3n) is 5.83. The van der Waals surface area contributed by atoms with E-state index < -0.39 is 12.2 Å². The number of carbonyl (C=O) groups is 1. The van der Waals surface area contributed by atoms with Gasteiger partial charge in [-0.2, -0.15) is 10.5 Å². The lowest BCUT2D eigenvalue weighted by molar-refractivity contribution is -0.130. The number of nitrogens with zero attached hydrogens (tertiary/aromatic N) is 3. The highest BCUT2D eigenvalue weighted by molar-refractivity contribution is 5.79. The third-order valence-corrected chi connectivity index (χ3v) is 5.83. The standard InChI is InChI=1S/C17H23FN4O/c1-17(5-12-2-11(7-19)3-13(12)6-17)21-9-16(23)22-10-14(18)4-15(22)8-20/h11-15,21H,2-6,9-10H2,1H3/t11?,12-,13+,14-,15?,17-/m0/s1. The molecule has 1 amide bonds. The summed E-state index contributed by atoms with van der Waals surface area (Å²) in [6, 6.07) is 3.76. The number of alkyl halides is 1. The molecule has 0 bridgehead atoms. The van der Waals surface area contributed by atoms with Crippen LogP contribution in [0.5, 0.6) is 0 Å². The maximum Gasteiger partial charge on any atom is 0.237 e. The topological polar surface area (TPSA) is 79.9 Å². The highest BCUT2D eigenvalue weighted by Crippen LogP contribution is 2.50. The molecule has 0 spiro atoms. The number of halogens is 1. The molecule has 1 N–H and O–H groups in total. The number of likely N-dealkylation sites (tertiary alicyclic amines) is 1. The summed E-state index contributed by atoms with van der Waals surface area (Å²) in [5.41, 5.74) is -0.0948. The average molecular weight is 318 g/mol. The van der Waals surface area contributed by atoms with E-state index in [4.69, 9.17) is 10.5 Å². The van der Waals surface area contributed by atoms with Crippen LogP contribution in [0.2, 0.25) is 0 Å². The van der Waals surface area contributed by atoms with Gasteiger partial charge >= 0.3 is 0 Å². The molecule has 2 unspecified atom stereocenters. The van der Waals surface area contributed by atoms with Crippen molar-refractivity contribution < 1.29 is 9.18 Å². The molecule has 6 atom stereocenters. The predicted octanol–water partition coefficient (Wildman–Crippen LogP) is 1.76. The van der Waals surface area contributed by atoms with E-state index in [1.807, 2.05) is 6.07 Å². The number of amides is 1. The first-order valence-corrected chi connectivity index (χ1v) is 8.42. The summed E-state index contributed by atoms with van der Waals surface area (Å²) in [7, 11) is 0. The molecular weight excluding hydrogens is 295 g/mol. The number of hydrogen-bond donors (Lipinski definition) is 1. The summed E-state index contributed by atoms with van der Waals surface area (Å²) in [6.07, 6.45) is 2.94. The zero-order valence-electron chi connectivity index (χ0n) is 13.5. The molecule has 2 saturated carbocycles. The fourth-order valence-corrected chi connectivity index (χ4v) is 4.78. The predicted molar refractivity (Wildman–Crippen MR) is 81.6 cm³/mol. The summed E-state index contributed by atoms with van der Waals surface area (Å²) in [4.78, 5) is 13.7. The molecule has 0 aromatic carbocycles. The second-order valence-electron chi connectivity index (χ2n) is 7.66. The van der Waals surface area contributed by atoms with Crippen LogP contribution < -0.4 is 5.32 Å². The molecule has 0 aromatic heterocycles. The molecule has 1 saturated heterocycles. The lowest BCUT2D eigenvalue weighted by atomic mass is 9.93. The molecular formula is C17H23FN4O. The van der Waals surface area contributed by atoms with Crippen molar-refractivity contribution in [3.63, 3.8) is 0 Å². The van der Waals surface area contributed by atoms with Crippen molar-refractivity contribution in [1.82, 2.24) is 10.2 Å². The van der Waals surface area contributed by atoms with E-state index in [2.05, 4.69) is 18.3 Å². The van der Waals surface area contributed by atoms with Gasteiger partial charge in [-0.15, -0.1) is 0 Å². The van der Waals surface area contributed by atoms with Gasteiger partial charge in [-0.1, -0.05) is 0 Å². The van der Waals surface area contributed by atoms with Gasteiger partial charge in [0.05, 0.1) is 25.2 Å². The normalized spacial score (nSPS) is 42.3. The zero-order valence-corrected chi connectivity index (χ0v) is 13.5. The lowest BCUT2D eigenvalue weighted by Gasteiger charge is -2.29. The van der Waals surface area contributed by atoms with Gasteiger partial charge in [-0.3, -0.25) is 4.79 Å². The molecule has 3 fully saturated rings. The molecule has 23 heavy (non-hydrogen) atoms. The fourth-order valence-electron chi connectivity index (χ4n) is 4.78. The number of rotatable bonds is 3. The van der Waals surface area contributed by atoms with Gasteiger partial charge in [-0.25, -0.2) is 4.39 Å². The summed E-state index contributed by atoms with van der Waals surface area (Å²) < 4.78 is 13.4. The number of fused-ring (bicyclic) bond motifs is 1. The van der Waals surface area contributed by atoms with Crippen molar-refractivity contribution >= 4 is 5.91 Å². The number of carbonyl (C=O) groups excluding carboxylic acids is 1. The second-order valence-corrected chi connectivity index (χ2v) is 7.66. The highest BCUT2D eigenvalue weighted by Gasteiger charge is 2.47. The van der Waals surface area contributed by atoms with Crippen molar-refractivity contribution in [1.29, 1.82) is 10.5 Å². The van der Waals surface area contributed by atoms with Crippen LogP contribution in [-0.4, -0.2) is 41.6 Å². The Balaban J connectivity index is 1.52. The molecule has 0 radical (unpaired) electrons. The zero-order chi connectivity index (χ0) is 16.6. The van der Waals surface area contributed by atoms with E-state index in [-0.39, 0.29) is 36.9 Å². The molecule has 124 valence electrons. The van der Waals surface area contributed by atoms with Gasteiger partial charge in [0, 0.05) is 17.9 Å². The van der Waals surface area contributed by atoms with Gasteiger partial charge in [0.15, 0.2) is 0 Å². The number of nitriles is 2. The van der Waals surface area contributed by atoms with Crippen LogP contribution in [0.25, 0.3) is 0 Å². The third kappa shape index (κ3) is 3.19. The maximum absolute atomic E-state index is 13.4. The van der Waals surface area contributed by atoms with E-state index in [1.165, 1.54) is 4.90 Å². The first-order chi connectivity index (χ1) is 10.9. The minimum Gasteiger partial charge on any atom is -0.323 e. The molecule has 3 rings (SSSR count). The summed E-state index contributed by atoms with van der Waals surface area (Å²) in [6.45, 7) is 2.32. The summed E-state index contributed by atoms with van der Waals surface area (Å²) >= 11 is 0. The Morgan fingerprint density at radius 1 is 1.26 bits per heavy atom. The van der Waals surface area contributed by atoms with Crippen LogP contribution >= 0.6 is 0 Å². The summed E-state index contributed by atoms with van der Waals surface area (Å²) in [5.74, 6) is 1.14. The van der Waals surface area contributed by atoms with Crippen LogP contribution in [0.4, 0.5) is 4.39 Å². The van der Waals surface area contributed by atoms with Gasteiger partial charge < -0.3 is 10.2 Å².